The molecule has 3 rings (SSSR count). The van der Waals surface area contributed by atoms with Gasteiger partial charge in [0.05, 0.1) is 19.1 Å². The lowest BCUT2D eigenvalue weighted by atomic mass is 10.0. The minimum absolute atomic E-state index is 0. The Kier molecular flexibility index (Phi) is 9.60. The smallest absolute Gasteiger partial charge is 0.191 e. The highest BCUT2D eigenvalue weighted by Gasteiger charge is 2.24. The molecule has 0 spiro atoms. The average Bonchev–Trinajstić information content (AvgIpc) is 3.12. The van der Waals surface area contributed by atoms with Crippen molar-refractivity contribution in [2.24, 2.45) is 4.99 Å². The third-order valence-corrected chi connectivity index (χ3v) is 5.28. The molecule has 0 bridgehead atoms. The van der Waals surface area contributed by atoms with Crippen molar-refractivity contribution in [3.63, 3.8) is 0 Å². The first-order chi connectivity index (χ1) is 14.4. The van der Waals surface area contributed by atoms with Gasteiger partial charge in [0.2, 0.25) is 0 Å². The molecule has 7 nitrogen and oxygen atoms in total. The zero-order valence-corrected chi connectivity index (χ0v) is 20.9. The number of fused-ring (bicyclic) bond motifs is 1. The average molecular weight is 547 g/mol. The van der Waals surface area contributed by atoms with E-state index < -0.39 is 17.7 Å². The van der Waals surface area contributed by atoms with E-state index in [0.29, 0.717) is 19.0 Å². The maximum atomic E-state index is 14.3. The monoisotopic (exact) mass is 547 g/mol. The third kappa shape index (κ3) is 6.34. The van der Waals surface area contributed by atoms with Crippen LogP contribution in [0.5, 0.6) is 0 Å². The molecule has 0 amide bonds. The predicted molar refractivity (Wildman–Crippen MR) is 129 cm³/mol. The van der Waals surface area contributed by atoms with E-state index in [4.69, 9.17) is 0 Å². The Morgan fingerprint density at radius 1 is 1.29 bits per heavy atom. The van der Waals surface area contributed by atoms with E-state index in [2.05, 4.69) is 25.7 Å². The van der Waals surface area contributed by atoms with Crippen molar-refractivity contribution in [2.75, 3.05) is 27.2 Å². The summed E-state index contributed by atoms with van der Waals surface area (Å²) in [7, 11) is 3.59. The van der Waals surface area contributed by atoms with E-state index in [1.54, 1.807) is 19.0 Å². The second-order valence-corrected chi connectivity index (χ2v) is 7.69. The number of aliphatic imine (C=N–C) groups is 1. The molecule has 1 aromatic heterocycles. The van der Waals surface area contributed by atoms with Gasteiger partial charge >= 0.3 is 0 Å². The van der Waals surface area contributed by atoms with E-state index in [-0.39, 0.29) is 42.1 Å². The van der Waals surface area contributed by atoms with Crippen molar-refractivity contribution in [3.8, 4) is 0 Å². The molecule has 2 aromatic rings. The molecule has 1 aliphatic rings. The Balaban J connectivity index is 0.00000341. The van der Waals surface area contributed by atoms with Crippen molar-refractivity contribution in [1.82, 2.24) is 30.3 Å². The van der Waals surface area contributed by atoms with Crippen molar-refractivity contribution in [1.29, 1.82) is 0 Å². The SMILES string of the molecule is CCNC(=NCC(c1c(F)cccc1F)N(C)C)NC1CCc2nc(CC)nn2C1.I. The number of likely N-dealkylation sites (N-methyl/N-ethyl adjacent to an activating group) is 1. The molecule has 0 fully saturated rings. The van der Waals surface area contributed by atoms with Crippen LogP contribution in [0.25, 0.3) is 0 Å². The molecule has 2 heterocycles. The number of aromatic nitrogens is 3. The maximum absolute atomic E-state index is 14.3. The zero-order chi connectivity index (χ0) is 21.7. The van der Waals surface area contributed by atoms with Gasteiger partial charge in [0, 0.05) is 31.0 Å². The number of guanidine groups is 1. The highest BCUT2D eigenvalue weighted by atomic mass is 127. The number of benzene rings is 1. The van der Waals surface area contributed by atoms with Gasteiger partial charge < -0.3 is 15.5 Å². The lowest BCUT2D eigenvalue weighted by Gasteiger charge is -2.27. The number of hydrogen-bond donors (Lipinski definition) is 2. The van der Waals surface area contributed by atoms with Gasteiger partial charge in [-0.05, 0) is 39.6 Å². The lowest BCUT2D eigenvalue weighted by molar-refractivity contribution is 0.289. The second kappa shape index (κ2) is 11.7. The van der Waals surface area contributed by atoms with Crippen LogP contribution in [-0.2, 0) is 19.4 Å². The molecular weight excluding hydrogens is 515 g/mol. The number of hydrogen-bond acceptors (Lipinski definition) is 4. The van der Waals surface area contributed by atoms with Gasteiger partial charge in [0.15, 0.2) is 11.8 Å². The fourth-order valence-corrected chi connectivity index (χ4v) is 3.66. The van der Waals surface area contributed by atoms with E-state index >= 15 is 0 Å². The lowest BCUT2D eigenvalue weighted by Crippen LogP contribution is -2.47. The van der Waals surface area contributed by atoms with Gasteiger partial charge in [0.25, 0.3) is 0 Å². The summed E-state index contributed by atoms with van der Waals surface area (Å²) < 4.78 is 30.6. The Hall–Kier alpha value is -1.82. The summed E-state index contributed by atoms with van der Waals surface area (Å²) in [5.41, 5.74) is 0.0408. The standard InChI is InChI=1S/C21H31F2N7.HI/c1-5-18-27-19-11-10-14(13-30(19)28-18)26-21(24-6-2)25-12-17(29(3)4)20-15(22)8-7-9-16(20)23;/h7-9,14,17H,5-6,10-13H2,1-4H3,(H2,24,25,26);1H. The fraction of sp³-hybridized carbons (Fsp3) is 0.571. The largest absolute Gasteiger partial charge is 0.357 e. The molecule has 0 saturated heterocycles. The summed E-state index contributed by atoms with van der Waals surface area (Å²) in [4.78, 5) is 11.0. The fourth-order valence-electron chi connectivity index (χ4n) is 3.66. The van der Waals surface area contributed by atoms with Crippen molar-refractivity contribution in [2.45, 2.75) is 51.7 Å². The van der Waals surface area contributed by atoms with Crippen LogP contribution in [-0.4, -0.2) is 58.9 Å². The molecule has 0 saturated carbocycles. The van der Waals surface area contributed by atoms with E-state index in [0.717, 1.165) is 30.9 Å². The van der Waals surface area contributed by atoms with Crippen LogP contribution in [0, 0.1) is 11.6 Å². The first-order valence-corrected chi connectivity index (χ1v) is 10.5. The first-order valence-electron chi connectivity index (χ1n) is 10.5. The summed E-state index contributed by atoms with van der Waals surface area (Å²) in [5.74, 6) is 1.41. The van der Waals surface area contributed by atoms with Gasteiger partial charge in [-0.2, -0.15) is 5.10 Å². The van der Waals surface area contributed by atoms with Crippen LogP contribution in [0.3, 0.4) is 0 Å². The quantitative estimate of drug-likeness (QED) is 0.317. The number of rotatable bonds is 7. The number of nitrogens with one attached hydrogen (secondary N) is 2. The Morgan fingerprint density at radius 2 is 2.00 bits per heavy atom. The van der Waals surface area contributed by atoms with Gasteiger partial charge in [-0.3, -0.25) is 4.99 Å². The maximum Gasteiger partial charge on any atom is 0.191 e. The summed E-state index contributed by atoms with van der Waals surface area (Å²) in [6.07, 6.45) is 2.59. The molecule has 1 aromatic carbocycles. The van der Waals surface area contributed by atoms with E-state index in [1.807, 2.05) is 18.5 Å². The van der Waals surface area contributed by atoms with Crippen LogP contribution in [0.15, 0.2) is 23.2 Å². The van der Waals surface area contributed by atoms with Crippen LogP contribution in [0.1, 0.15) is 43.5 Å². The van der Waals surface area contributed by atoms with Crippen molar-refractivity contribution < 1.29 is 8.78 Å². The van der Waals surface area contributed by atoms with Crippen molar-refractivity contribution in [3.05, 3.63) is 47.0 Å². The van der Waals surface area contributed by atoms with Crippen LogP contribution < -0.4 is 10.6 Å². The highest BCUT2D eigenvalue weighted by molar-refractivity contribution is 14.0. The van der Waals surface area contributed by atoms with Gasteiger partial charge in [-0.25, -0.2) is 18.4 Å². The molecular formula is C21H32F2IN7. The predicted octanol–water partition coefficient (Wildman–Crippen LogP) is 2.91. The van der Waals surface area contributed by atoms with Crippen LogP contribution in [0.2, 0.25) is 0 Å². The van der Waals surface area contributed by atoms with Crippen molar-refractivity contribution >= 4 is 29.9 Å². The summed E-state index contributed by atoms with van der Waals surface area (Å²) in [6.45, 7) is 5.66. The Bertz CT molecular complexity index is 864. The molecule has 31 heavy (non-hydrogen) atoms. The molecule has 172 valence electrons. The molecule has 0 aliphatic carbocycles. The normalized spacial score (nSPS) is 17.1. The van der Waals surface area contributed by atoms with Gasteiger partial charge in [-0.1, -0.05) is 13.0 Å². The molecule has 2 unspecified atom stereocenters. The topological polar surface area (TPSA) is 70.4 Å². The Labute approximate surface area is 199 Å². The van der Waals surface area contributed by atoms with Crippen LogP contribution >= 0.6 is 24.0 Å². The second-order valence-electron chi connectivity index (χ2n) is 7.69. The molecule has 2 N–H and O–H groups in total. The van der Waals surface area contributed by atoms with Gasteiger partial charge in [-0.15, -0.1) is 24.0 Å². The Morgan fingerprint density at radius 3 is 2.61 bits per heavy atom. The minimum Gasteiger partial charge on any atom is -0.357 e. The zero-order valence-electron chi connectivity index (χ0n) is 18.5. The van der Waals surface area contributed by atoms with Crippen LogP contribution in [0.4, 0.5) is 8.78 Å². The van der Waals surface area contributed by atoms with E-state index in [1.165, 1.54) is 18.2 Å². The summed E-state index contributed by atoms with van der Waals surface area (Å²) >= 11 is 0. The summed E-state index contributed by atoms with van der Waals surface area (Å²) in [5, 5.41) is 11.2. The van der Waals surface area contributed by atoms with E-state index in [9.17, 15) is 8.78 Å². The first kappa shape index (κ1) is 25.4. The molecule has 1 aliphatic heterocycles. The molecule has 0 radical (unpaired) electrons. The number of nitrogens with zero attached hydrogens (tertiary/aromatic N) is 5. The number of aryl methyl sites for hydroxylation is 2. The highest BCUT2D eigenvalue weighted by Crippen LogP contribution is 2.24. The molecule has 10 heteroatoms. The number of halogens is 3. The molecule has 2 atom stereocenters. The third-order valence-electron chi connectivity index (χ3n) is 5.28. The van der Waals surface area contributed by atoms with Gasteiger partial charge in [0.1, 0.15) is 17.5 Å². The summed E-state index contributed by atoms with van der Waals surface area (Å²) in [6, 6.07) is 3.59. The minimum atomic E-state index is -0.556.